The van der Waals surface area contributed by atoms with Gasteiger partial charge in [-0.3, -0.25) is 10.1 Å². The van der Waals surface area contributed by atoms with Crippen molar-refractivity contribution >= 4 is 22.4 Å². The van der Waals surface area contributed by atoms with Crippen molar-refractivity contribution in [3.63, 3.8) is 0 Å². The molecule has 1 saturated carbocycles. The summed E-state index contributed by atoms with van der Waals surface area (Å²) in [6.45, 7) is 0. The maximum absolute atomic E-state index is 12.7. The van der Waals surface area contributed by atoms with E-state index >= 15 is 0 Å². The molecular formula is C27H25N3O2S. The van der Waals surface area contributed by atoms with Gasteiger partial charge in [-0.2, -0.15) is 0 Å². The summed E-state index contributed by atoms with van der Waals surface area (Å²) in [6.07, 6.45) is 6.43. The molecule has 1 aliphatic rings. The van der Waals surface area contributed by atoms with Crippen molar-refractivity contribution in [3.05, 3.63) is 90.0 Å². The summed E-state index contributed by atoms with van der Waals surface area (Å²) >= 11 is 1.34. The van der Waals surface area contributed by atoms with E-state index in [4.69, 9.17) is 4.74 Å². The van der Waals surface area contributed by atoms with Crippen LogP contribution in [0.2, 0.25) is 0 Å². The van der Waals surface area contributed by atoms with Crippen molar-refractivity contribution in [1.29, 1.82) is 0 Å². The molecule has 1 heterocycles. The van der Waals surface area contributed by atoms with E-state index in [9.17, 15) is 4.79 Å². The Hall–Kier alpha value is -3.51. The van der Waals surface area contributed by atoms with Gasteiger partial charge in [0, 0.05) is 11.1 Å². The van der Waals surface area contributed by atoms with E-state index in [1.807, 2.05) is 66.7 Å². The minimum atomic E-state index is -0.172. The Morgan fingerprint density at radius 3 is 2.39 bits per heavy atom. The molecule has 0 spiro atoms. The number of anilines is 1. The van der Waals surface area contributed by atoms with E-state index in [1.165, 1.54) is 49.0 Å². The van der Waals surface area contributed by atoms with Crippen LogP contribution >= 0.6 is 11.3 Å². The molecule has 5 rings (SSSR count). The molecule has 5 nitrogen and oxygen atoms in total. The molecule has 6 heteroatoms. The van der Waals surface area contributed by atoms with Gasteiger partial charge in [0.05, 0.1) is 0 Å². The third-order valence-corrected chi connectivity index (χ3v) is 6.84. The van der Waals surface area contributed by atoms with Crippen LogP contribution in [0.4, 0.5) is 5.13 Å². The van der Waals surface area contributed by atoms with E-state index in [2.05, 4.69) is 27.6 Å². The van der Waals surface area contributed by atoms with Crippen LogP contribution in [-0.2, 0) is 0 Å². The number of hydrogen-bond donors (Lipinski definition) is 1. The second-order valence-electron chi connectivity index (χ2n) is 8.27. The van der Waals surface area contributed by atoms with E-state index in [-0.39, 0.29) is 5.91 Å². The number of carbonyl (C=O) groups excluding carboxylic acids is 1. The van der Waals surface area contributed by atoms with Crippen LogP contribution in [0, 0.1) is 0 Å². The minimum Gasteiger partial charge on any atom is -0.457 e. The normalized spacial score (nSPS) is 14.1. The number of hydrogen-bond acceptors (Lipinski definition) is 5. The summed E-state index contributed by atoms with van der Waals surface area (Å²) in [5, 5.41) is 12.5. The molecule has 1 aromatic heterocycles. The monoisotopic (exact) mass is 455 g/mol. The van der Waals surface area contributed by atoms with Gasteiger partial charge in [-0.05, 0) is 60.7 Å². The molecule has 33 heavy (non-hydrogen) atoms. The molecule has 0 bridgehead atoms. The standard InChI is InChI=1S/C27H25N3O2S/c31-25(21-16-14-20(15-17-21)19-8-3-1-4-9-19)28-27-30-29-26(33-27)22-10-7-13-24(18-22)32-23-11-5-2-6-12-23/h2,5-7,10-19H,1,3-4,8-9H2,(H,28,30,31). The molecule has 1 aliphatic carbocycles. The number of nitrogens with zero attached hydrogens (tertiary/aromatic N) is 2. The molecule has 3 aromatic carbocycles. The SMILES string of the molecule is O=C(Nc1nnc(-c2cccc(Oc3ccccc3)c2)s1)c1ccc(C2CCCCC2)cc1. The lowest BCUT2D eigenvalue weighted by Gasteiger charge is -2.22. The van der Waals surface area contributed by atoms with Crippen LogP contribution in [0.15, 0.2) is 78.9 Å². The highest BCUT2D eigenvalue weighted by atomic mass is 32.1. The highest BCUT2D eigenvalue weighted by Crippen LogP contribution is 2.33. The Morgan fingerprint density at radius 2 is 1.61 bits per heavy atom. The summed E-state index contributed by atoms with van der Waals surface area (Å²) in [5.41, 5.74) is 2.85. The number of ether oxygens (including phenoxy) is 1. The molecule has 1 N–H and O–H groups in total. The second kappa shape index (κ2) is 9.96. The number of para-hydroxylation sites is 1. The molecule has 0 atom stereocenters. The number of nitrogens with one attached hydrogen (secondary N) is 1. The first-order chi connectivity index (χ1) is 16.2. The fraction of sp³-hybridized carbons (Fsp3) is 0.222. The van der Waals surface area contributed by atoms with Crippen LogP contribution in [0.25, 0.3) is 10.6 Å². The van der Waals surface area contributed by atoms with Crippen LogP contribution in [-0.4, -0.2) is 16.1 Å². The smallest absolute Gasteiger partial charge is 0.257 e. The molecular weight excluding hydrogens is 430 g/mol. The minimum absolute atomic E-state index is 0.172. The number of aromatic nitrogens is 2. The summed E-state index contributed by atoms with van der Waals surface area (Å²) in [7, 11) is 0. The fourth-order valence-corrected chi connectivity index (χ4v) is 4.95. The first-order valence-corrected chi connectivity index (χ1v) is 12.1. The summed E-state index contributed by atoms with van der Waals surface area (Å²) in [6, 6.07) is 25.3. The van der Waals surface area contributed by atoms with Gasteiger partial charge in [0.15, 0.2) is 0 Å². The lowest BCUT2D eigenvalue weighted by atomic mass is 9.84. The first-order valence-electron chi connectivity index (χ1n) is 11.3. The summed E-state index contributed by atoms with van der Waals surface area (Å²) in [4.78, 5) is 12.7. The molecule has 0 saturated heterocycles. The highest BCUT2D eigenvalue weighted by molar-refractivity contribution is 7.18. The Bertz CT molecular complexity index is 1220. The van der Waals surface area contributed by atoms with Crippen molar-refractivity contribution < 1.29 is 9.53 Å². The average Bonchev–Trinajstić information content (AvgIpc) is 3.34. The predicted molar refractivity (Wildman–Crippen MR) is 132 cm³/mol. The van der Waals surface area contributed by atoms with E-state index in [0.29, 0.717) is 16.6 Å². The molecule has 1 fully saturated rings. The second-order valence-corrected chi connectivity index (χ2v) is 9.24. The van der Waals surface area contributed by atoms with Crippen LogP contribution < -0.4 is 10.1 Å². The quantitative estimate of drug-likeness (QED) is 0.331. The maximum atomic E-state index is 12.7. The highest BCUT2D eigenvalue weighted by Gasteiger charge is 2.17. The van der Waals surface area contributed by atoms with E-state index in [1.54, 1.807) is 0 Å². The van der Waals surface area contributed by atoms with Crippen molar-refractivity contribution in [2.75, 3.05) is 5.32 Å². The van der Waals surface area contributed by atoms with E-state index in [0.717, 1.165) is 22.1 Å². The molecule has 0 aliphatic heterocycles. The van der Waals surface area contributed by atoms with Gasteiger partial charge < -0.3 is 4.74 Å². The average molecular weight is 456 g/mol. The van der Waals surface area contributed by atoms with Gasteiger partial charge in [0.2, 0.25) is 5.13 Å². The zero-order valence-electron chi connectivity index (χ0n) is 18.2. The Kier molecular flexibility index (Phi) is 6.44. The van der Waals surface area contributed by atoms with Crippen molar-refractivity contribution in [2.45, 2.75) is 38.0 Å². The molecule has 166 valence electrons. The van der Waals surface area contributed by atoms with Gasteiger partial charge >= 0.3 is 0 Å². The lowest BCUT2D eigenvalue weighted by molar-refractivity contribution is 0.102. The van der Waals surface area contributed by atoms with E-state index < -0.39 is 0 Å². The Morgan fingerprint density at radius 1 is 0.848 bits per heavy atom. The number of amides is 1. The van der Waals surface area contributed by atoms with Crippen LogP contribution in [0.5, 0.6) is 11.5 Å². The molecule has 0 unspecified atom stereocenters. The van der Waals surface area contributed by atoms with Crippen molar-refractivity contribution in [3.8, 4) is 22.1 Å². The Labute approximate surface area is 197 Å². The van der Waals surface area contributed by atoms with Crippen LogP contribution in [0.1, 0.15) is 53.9 Å². The van der Waals surface area contributed by atoms with Gasteiger partial charge in [-0.25, -0.2) is 0 Å². The third-order valence-electron chi connectivity index (χ3n) is 5.95. The fourth-order valence-electron chi connectivity index (χ4n) is 4.22. The van der Waals surface area contributed by atoms with Crippen LogP contribution in [0.3, 0.4) is 0 Å². The number of rotatable bonds is 6. The predicted octanol–water partition coefficient (Wildman–Crippen LogP) is 7.30. The first kappa shape index (κ1) is 21.3. The lowest BCUT2D eigenvalue weighted by Crippen LogP contribution is -2.12. The third kappa shape index (κ3) is 5.29. The number of benzene rings is 3. The topological polar surface area (TPSA) is 64.1 Å². The summed E-state index contributed by atoms with van der Waals surface area (Å²) < 4.78 is 5.91. The maximum Gasteiger partial charge on any atom is 0.257 e. The van der Waals surface area contributed by atoms with Gasteiger partial charge in [0.25, 0.3) is 5.91 Å². The molecule has 0 radical (unpaired) electrons. The number of carbonyl (C=O) groups is 1. The van der Waals surface area contributed by atoms with Crippen molar-refractivity contribution in [1.82, 2.24) is 10.2 Å². The Balaban J connectivity index is 1.24. The van der Waals surface area contributed by atoms with Crippen molar-refractivity contribution in [2.24, 2.45) is 0 Å². The van der Waals surface area contributed by atoms with Gasteiger partial charge in [-0.15, -0.1) is 10.2 Å². The zero-order chi connectivity index (χ0) is 22.5. The zero-order valence-corrected chi connectivity index (χ0v) is 19.1. The summed E-state index contributed by atoms with van der Waals surface area (Å²) in [5.74, 6) is 1.95. The largest absolute Gasteiger partial charge is 0.457 e. The van der Waals surface area contributed by atoms with Gasteiger partial charge in [0.1, 0.15) is 16.5 Å². The van der Waals surface area contributed by atoms with Gasteiger partial charge in [-0.1, -0.05) is 73.1 Å². The molecule has 4 aromatic rings. The molecule has 1 amide bonds.